The van der Waals surface area contributed by atoms with Gasteiger partial charge in [0, 0.05) is 13.1 Å². The summed E-state index contributed by atoms with van der Waals surface area (Å²) < 4.78 is 29.0. The van der Waals surface area contributed by atoms with Crippen LogP contribution in [0.15, 0.2) is 36.4 Å². The second-order valence-corrected chi connectivity index (χ2v) is 5.49. The molecule has 1 amide bonds. The van der Waals surface area contributed by atoms with E-state index in [1.807, 2.05) is 0 Å². The molecule has 0 heterocycles. The Labute approximate surface area is 155 Å². The van der Waals surface area contributed by atoms with Crippen LogP contribution in [0.3, 0.4) is 0 Å². The van der Waals surface area contributed by atoms with Gasteiger partial charge in [-0.05, 0) is 12.1 Å². The van der Waals surface area contributed by atoms with Gasteiger partial charge >= 0.3 is 0 Å². The molecule has 0 unspecified atom stereocenters. The van der Waals surface area contributed by atoms with Crippen LogP contribution in [-0.4, -0.2) is 50.1 Å². The lowest BCUT2D eigenvalue weighted by Gasteiger charge is -2.18. The van der Waals surface area contributed by atoms with E-state index in [1.165, 1.54) is 50.4 Å². The van der Waals surface area contributed by atoms with Crippen LogP contribution in [0.5, 0.6) is 17.2 Å². The lowest BCUT2D eigenvalue weighted by molar-refractivity contribution is -0.385. The summed E-state index contributed by atoms with van der Waals surface area (Å²) in [5.41, 5.74) is -0.550. The molecule has 0 saturated carbocycles. The zero-order valence-electron chi connectivity index (χ0n) is 15.1. The van der Waals surface area contributed by atoms with Crippen LogP contribution in [0, 0.1) is 15.9 Å². The van der Waals surface area contributed by atoms with Gasteiger partial charge in [-0.15, -0.1) is 0 Å². The number of nitro groups is 1. The van der Waals surface area contributed by atoms with Crippen LogP contribution < -0.4 is 14.2 Å². The number of para-hydroxylation sites is 1. The first-order valence-electron chi connectivity index (χ1n) is 7.92. The van der Waals surface area contributed by atoms with Crippen LogP contribution >= 0.6 is 0 Å². The van der Waals surface area contributed by atoms with E-state index in [1.54, 1.807) is 6.07 Å². The van der Waals surface area contributed by atoms with Crippen LogP contribution in [0.1, 0.15) is 10.4 Å². The van der Waals surface area contributed by atoms with Gasteiger partial charge in [-0.25, -0.2) is 4.39 Å². The maximum atomic E-state index is 13.5. The summed E-state index contributed by atoms with van der Waals surface area (Å²) in [6, 6.07) is 8.28. The molecule has 0 radical (unpaired) electrons. The zero-order valence-corrected chi connectivity index (χ0v) is 15.1. The maximum absolute atomic E-state index is 13.5. The van der Waals surface area contributed by atoms with Crippen LogP contribution in [0.4, 0.5) is 10.1 Å². The summed E-state index contributed by atoms with van der Waals surface area (Å²) in [6.45, 7) is 0.114. The third-order valence-electron chi connectivity index (χ3n) is 3.80. The molecule has 0 N–H and O–H groups in total. The summed E-state index contributed by atoms with van der Waals surface area (Å²) in [5, 5.41) is 11.3. The van der Waals surface area contributed by atoms with Gasteiger partial charge in [-0.1, -0.05) is 12.1 Å². The Balaban J connectivity index is 2.15. The fourth-order valence-electron chi connectivity index (χ4n) is 2.35. The van der Waals surface area contributed by atoms with Crippen molar-refractivity contribution in [3.05, 3.63) is 57.9 Å². The van der Waals surface area contributed by atoms with E-state index in [9.17, 15) is 19.3 Å². The van der Waals surface area contributed by atoms with E-state index in [-0.39, 0.29) is 36.0 Å². The number of carbonyl (C=O) groups is 1. The van der Waals surface area contributed by atoms with Crippen molar-refractivity contribution >= 4 is 11.6 Å². The monoisotopic (exact) mass is 378 g/mol. The van der Waals surface area contributed by atoms with E-state index in [4.69, 9.17) is 14.2 Å². The number of nitro benzene ring substituents is 1. The lowest BCUT2D eigenvalue weighted by atomic mass is 10.1. The van der Waals surface area contributed by atoms with Gasteiger partial charge in [0.1, 0.15) is 12.2 Å². The number of rotatable bonds is 8. The smallest absolute Gasteiger partial charge is 0.286 e. The van der Waals surface area contributed by atoms with Gasteiger partial charge in [0.2, 0.25) is 0 Å². The molecule has 0 bridgehead atoms. The number of carbonyl (C=O) groups excluding carboxylic acids is 1. The van der Waals surface area contributed by atoms with Crippen LogP contribution in [-0.2, 0) is 0 Å². The highest BCUT2D eigenvalue weighted by atomic mass is 19.1. The zero-order chi connectivity index (χ0) is 20.0. The van der Waals surface area contributed by atoms with Crippen molar-refractivity contribution in [1.29, 1.82) is 0 Å². The van der Waals surface area contributed by atoms with Gasteiger partial charge in [0.15, 0.2) is 23.1 Å². The average Bonchev–Trinajstić information content (AvgIpc) is 2.67. The number of nitrogens with zero attached hydrogens (tertiary/aromatic N) is 2. The number of halogens is 1. The molecule has 27 heavy (non-hydrogen) atoms. The quantitative estimate of drug-likeness (QED) is 0.518. The minimum atomic E-state index is -0.668. The minimum Gasteiger partial charge on any atom is -0.493 e. The highest BCUT2D eigenvalue weighted by Gasteiger charge is 2.26. The third kappa shape index (κ3) is 4.63. The molecule has 0 atom stereocenters. The SMILES string of the molecule is COc1cc(C(=O)N(C)CCOc2ccccc2F)c([N+](=O)[O-])cc1OC. The number of amides is 1. The molecular weight excluding hydrogens is 359 g/mol. The van der Waals surface area contributed by atoms with Gasteiger partial charge in [0.25, 0.3) is 11.6 Å². The lowest BCUT2D eigenvalue weighted by Crippen LogP contribution is -2.31. The number of hydrogen-bond acceptors (Lipinski definition) is 6. The summed E-state index contributed by atoms with van der Waals surface area (Å²) in [4.78, 5) is 24.5. The molecule has 0 spiro atoms. The van der Waals surface area contributed by atoms with E-state index in [0.717, 1.165) is 6.07 Å². The molecule has 9 heteroatoms. The minimum absolute atomic E-state index is 0.0181. The highest BCUT2D eigenvalue weighted by Crippen LogP contribution is 2.35. The van der Waals surface area contributed by atoms with Crippen molar-refractivity contribution in [2.45, 2.75) is 0 Å². The topological polar surface area (TPSA) is 91.1 Å². The van der Waals surface area contributed by atoms with Gasteiger partial charge in [0.05, 0.1) is 31.8 Å². The number of ether oxygens (including phenoxy) is 3. The van der Waals surface area contributed by atoms with Crippen molar-refractivity contribution in [2.75, 3.05) is 34.4 Å². The molecule has 144 valence electrons. The van der Waals surface area contributed by atoms with Crippen molar-refractivity contribution < 1.29 is 28.3 Å². The standard InChI is InChI=1S/C18H19FN2O6/c1-20(8-9-27-15-7-5-4-6-13(15)19)18(22)12-10-16(25-2)17(26-3)11-14(12)21(23)24/h4-7,10-11H,8-9H2,1-3H3. The second-order valence-electron chi connectivity index (χ2n) is 5.49. The normalized spacial score (nSPS) is 10.2. The van der Waals surface area contributed by atoms with E-state index < -0.39 is 22.3 Å². The summed E-state index contributed by atoms with van der Waals surface area (Å²) in [6.07, 6.45) is 0. The molecule has 2 aromatic carbocycles. The number of likely N-dealkylation sites (N-methyl/N-ethyl adjacent to an activating group) is 1. The second kappa shape index (κ2) is 8.84. The largest absolute Gasteiger partial charge is 0.493 e. The Morgan fingerprint density at radius 2 is 1.78 bits per heavy atom. The Morgan fingerprint density at radius 1 is 1.15 bits per heavy atom. The molecule has 0 saturated heterocycles. The Morgan fingerprint density at radius 3 is 2.37 bits per heavy atom. The predicted molar refractivity (Wildman–Crippen MR) is 95.1 cm³/mol. The first kappa shape index (κ1) is 20.0. The molecular formula is C18H19FN2O6. The highest BCUT2D eigenvalue weighted by molar-refractivity contribution is 5.99. The van der Waals surface area contributed by atoms with Crippen molar-refractivity contribution in [3.8, 4) is 17.2 Å². The molecule has 0 aromatic heterocycles. The fourth-order valence-corrected chi connectivity index (χ4v) is 2.35. The van der Waals surface area contributed by atoms with Crippen LogP contribution in [0.2, 0.25) is 0 Å². The number of methoxy groups -OCH3 is 2. The number of hydrogen-bond donors (Lipinski definition) is 0. The van der Waals surface area contributed by atoms with Gasteiger partial charge in [-0.3, -0.25) is 14.9 Å². The summed E-state index contributed by atoms with van der Waals surface area (Å²) >= 11 is 0. The van der Waals surface area contributed by atoms with E-state index >= 15 is 0 Å². The first-order chi connectivity index (χ1) is 12.9. The molecule has 8 nitrogen and oxygen atoms in total. The van der Waals surface area contributed by atoms with Crippen molar-refractivity contribution in [2.24, 2.45) is 0 Å². The molecule has 0 fully saturated rings. The Bertz CT molecular complexity index is 843. The average molecular weight is 378 g/mol. The molecule has 0 aliphatic rings. The Kier molecular flexibility index (Phi) is 6.53. The Hall–Kier alpha value is -3.36. The summed E-state index contributed by atoms with van der Waals surface area (Å²) in [5.74, 6) is -0.703. The molecule has 2 rings (SSSR count). The van der Waals surface area contributed by atoms with Gasteiger partial charge < -0.3 is 19.1 Å². The van der Waals surface area contributed by atoms with E-state index in [2.05, 4.69) is 0 Å². The van der Waals surface area contributed by atoms with Crippen LogP contribution in [0.25, 0.3) is 0 Å². The first-order valence-corrected chi connectivity index (χ1v) is 7.92. The fraction of sp³-hybridized carbons (Fsp3) is 0.278. The molecule has 0 aliphatic carbocycles. The molecule has 0 aliphatic heterocycles. The molecule has 2 aromatic rings. The third-order valence-corrected chi connectivity index (χ3v) is 3.80. The summed E-state index contributed by atoms with van der Waals surface area (Å²) in [7, 11) is 4.17. The van der Waals surface area contributed by atoms with E-state index in [0.29, 0.717) is 0 Å². The predicted octanol–water partition coefficient (Wildman–Crippen LogP) is 2.90. The number of benzene rings is 2. The maximum Gasteiger partial charge on any atom is 0.286 e. The van der Waals surface area contributed by atoms with Crippen molar-refractivity contribution in [3.63, 3.8) is 0 Å². The van der Waals surface area contributed by atoms with Gasteiger partial charge in [-0.2, -0.15) is 0 Å². The van der Waals surface area contributed by atoms with Crippen molar-refractivity contribution in [1.82, 2.24) is 4.90 Å².